The monoisotopic (exact) mass is 177 g/mol. The fraction of sp³-hybridized carbons (Fsp3) is 0.222. The SMILES string of the molecule is NC(CO)c1ccc2[nH]ccc2n1. The quantitative estimate of drug-likeness (QED) is 0.627. The number of pyridine rings is 1. The molecule has 0 amide bonds. The molecule has 0 fully saturated rings. The van der Waals surface area contributed by atoms with Crippen molar-refractivity contribution in [2.75, 3.05) is 6.61 Å². The molecule has 0 bridgehead atoms. The van der Waals surface area contributed by atoms with Gasteiger partial charge in [-0.15, -0.1) is 0 Å². The average Bonchev–Trinajstić information content (AvgIpc) is 2.63. The number of rotatable bonds is 2. The summed E-state index contributed by atoms with van der Waals surface area (Å²) in [5.41, 5.74) is 8.21. The standard InChI is InChI=1S/C9H11N3O/c10-6(5-13)7-1-2-8-9(12-7)3-4-11-8/h1-4,6,11,13H,5,10H2. The largest absolute Gasteiger partial charge is 0.394 e. The Balaban J connectivity index is 2.48. The number of H-pyrrole nitrogens is 1. The van der Waals surface area contributed by atoms with Gasteiger partial charge in [-0.05, 0) is 18.2 Å². The first-order chi connectivity index (χ1) is 6.31. The molecule has 0 aliphatic carbocycles. The minimum Gasteiger partial charge on any atom is -0.394 e. The zero-order chi connectivity index (χ0) is 9.26. The number of nitrogens with one attached hydrogen (secondary N) is 1. The lowest BCUT2D eigenvalue weighted by Gasteiger charge is -2.06. The van der Waals surface area contributed by atoms with Gasteiger partial charge >= 0.3 is 0 Å². The lowest BCUT2D eigenvalue weighted by Crippen LogP contribution is -2.15. The molecule has 0 radical (unpaired) electrons. The van der Waals surface area contributed by atoms with E-state index in [-0.39, 0.29) is 12.6 Å². The number of hydrogen-bond donors (Lipinski definition) is 3. The Hall–Kier alpha value is -1.39. The van der Waals surface area contributed by atoms with Crippen molar-refractivity contribution in [2.24, 2.45) is 5.73 Å². The number of fused-ring (bicyclic) bond motifs is 1. The zero-order valence-electron chi connectivity index (χ0n) is 7.07. The lowest BCUT2D eigenvalue weighted by molar-refractivity contribution is 0.266. The van der Waals surface area contributed by atoms with Crippen LogP contribution in [0.2, 0.25) is 0 Å². The molecule has 2 aromatic heterocycles. The molecule has 1 atom stereocenters. The van der Waals surface area contributed by atoms with Crippen molar-refractivity contribution in [3.05, 3.63) is 30.1 Å². The Morgan fingerprint density at radius 1 is 1.46 bits per heavy atom. The van der Waals surface area contributed by atoms with Crippen LogP contribution in [0.25, 0.3) is 11.0 Å². The second kappa shape index (κ2) is 3.16. The number of aliphatic hydroxyl groups is 1. The summed E-state index contributed by atoms with van der Waals surface area (Å²) in [6, 6.07) is 5.22. The summed E-state index contributed by atoms with van der Waals surface area (Å²) in [7, 11) is 0. The van der Waals surface area contributed by atoms with Crippen molar-refractivity contribution in [2.45, 2.75) is 6.04 Å². The Labute approximate surface area is 75.4 Å². The molecule has 2 rings (SSSR count). The van der Waals surface area contributed by atoms with E-state index < -0.39 is 0 Å². The maximum Gasteiger partial charge on any atom is 0.0882 e. The van der Waals surface area contributed by atoms with E-state index in [1.165, 1.54) is 0 Å². The second-order valence-electron chi connectivity index (χ2n) is 2.94. The van der Waals surface area contributed by atoms with Gasteiger partial charge in [0.05, 0.1) is 29.4 Å². The summed E-state index contributed by atoms with van der Waals surface area (Å²) in [6.45, 7) is -0.0804. The molecular weight excluding hydrogens is 166 g/mol. The highest BCUT2D eigenvalue weighted by Crippen LogP contribution is 2.13. The van der Waals surface area contributed by atoms with Crippen LogP contribution in [0, 0.1) is 0 Å². The second-order valence-corrected chi connectivity index (χ2v) is 2.94. The molecule has 0 saturated carbocycles. The Bertz CT molecular complexity index is 410. The van der Waals surface area contributed by atoms with Crippen LogP contribution in [0.15, 0.2) is 24.4 Å². The van der Waals surface area contributed by atoms with E-state index in [2.05, 4.69) is 9.97 Å². The Morgan fingerprint density at radius 3 is 3.08 bits per heavy atom. The van der Waals surface area contributed by atoms with E-state index in [9.17, 15) is 0 Å². The van der Waals surface area contributed by atoms with E-state index >= 15 is 0 Å². The summed E-state index contributed by atoms with van der Waals surface area (Å²) < 4.78 is 0. The average molecular weight is 177 g/mol. The summed E-state index contributed by atoms with van der Waals surface area (Å²) in [6.07, 6.45) is 1.83. The van der Waals surface area contributed by atoms with Gasteiger partial charge in [0.2, 0.25) is 0 Å². The summed E-state index contributed by atoms with van der Waals surface area (Å²) in [5.74, 6) is 0. The summed E-state index contributed by atoms with van der Waals surface area (Å²) >= 11 is 0. The molecule has 68 valence electrons. The van der Waals surface area contributed by atoms with Crippen molar-refractivity contribution in [3.63, 3.8) is 0 Å². The zero-order valence-corrected chi connectivity index (χ0v) is 7.07. The molecule has 13 heavy (non-hydrogen) atoms. The van der Waals surface area contributed by atoms with Gasteiger partial charge in [-0.2, -0.15) is 0 Å². The van der Waals surface area contributed by atoms with Crippen LogP contribution in [0.5, 0.6) is 0 Å². The fourth-order valence-corrected chi connectivity index (χ4v) is 1.25. The van der Waals surface area contributed by atoms with Crippen LogP contribution < -0.4 is 5.73 Å². The smallest absolute Gasteiger partial charge is 0.0882 e. The predicted molar refractivity (Wildman–Crippen MR) is 50.1 cm³/mol. The number of aromatic nitrogens is 2. The number of hydrogen-bond acceptors (Lipinski definition) is 3. The van der Waals surface area contributed by atoms with Crippen LogP contribution in [0.1, 0.15) is 11.7 Å². The third kappa shape index (κ3) is 1.41. The third-order valence-electron chi connectivity index (χ3n) is 2.00. The van der Waals surface area contributed by atoms with Gasteiger partial charge in [-0.25, -0.2) is 4.98 Å². The maximum absolute atomic E-state index is 8.84. The van der Waals surface area contributed by atoms with Crippen molar-refractivity contribution in [1.29, 1.82) is 0 Å². The molecule has 2 heterocycles. The molecule has 1 unspecified atom stereocenters. The number of aromatic amines is 1. The number of nitrogens with two attached hydrogens (primary N) is 1. The van der Waals surface area contributed by atoms with Gasteiger partial charge in [0, 0.05) is 6.20 Å². The van der Waals surface area contributed by atoms with Crippen LogP contribution in [0.3, 0.4) is 0 Å². The highest BCUT2D eigenvalue weighted by Gasteiger charge is 2.06. The highest BCUT2D eigenvalue weighted by molar-refractivity contribution is 5.74. The number of nitrogens with zero attached hydrogens (tertiary/aromatic N) is 1. The molecule has 0 saturated heterocycles. The summed E-state index contributed by atoms with van der Waals surface area (Å²) in [5, 5.41) is 8.84. The van der Waals surface area contributed by atoms with Crippen molar-refractivity contribution in [1.82, 2.24) is 9.97 Å². The lowest BCUT2D eigenvalue weighted by atomic mass is 10.2. The van der Waals surface area contributed by atoms with Crippen LogP contribution in [-0.2, 0) is 0 Å². The molecular formula is C9H11N3O. The third-order valence-corrected chi connectivity index (χ3v) is 2.00. The van der Waals surface area contributed by atoms with Gasteiger partial charge in [-0.1, -0.05) is 0 Å². The molecule has 0 aliphatic rings. The van der Waals surface area contributed by atoms with Crippen molar-refractivity contribution < 1.29 is 5.11 Å². The van der Waals surface area contributed by atoms with Gasteiger partial charge < -0.3 is 15.8 Å². The first-order valence-corrected chi connectivity index (χ1v) is 4.12. The Kier molecular flexibility index (Phi) is 2.00. The molecule has 0 aromatic carbocycles. The van der Waals surface area contributed by atoms with Gasteiger partial charge in [-0.3, -0.25) is 0 Å². The van der Waals surface area contributed by atoms with E-state index in [1.54, 1.807) is 0 Å². The first kappa shape index (κ1) is 8.22. The van der Waals surface area contributed by atoms with Crippen LogP contribution in [0.4, 0.5) is 0 Å². The molecule has 4 nitrogen and oxygen atoms in total. The van der Waals surface area contributed by atoms with Crippen molar-refractivity contribution >= 4 is 11.0 Å². The van der Waals surface area contributed by atoms with Gasteiger partial charge in [0.25, 0.3) is 0 Å². The van der Waals surface area contributed by atoms with Gasteiger partial charge in [0.15, 0.2) is 0 Å². The van der Waals surface area contributed by atoms with E-state index in [4.69, 9.17) is 10.8 Å². The highest BCUT2D eigenvalue weighted by atomic mass is 16.3. The first-order valence-electron chi connectivity index (χ1n) is 4.12. The van der Waals surface area contributed by atoms with Crippen LogP contribution in [-0.4, -0.2) is 21.7 Å². The van der Waals surface area contributed by atoms with E-state index in [1.807, 2.05) is 24.4 Å². The Morgan fingerprint density at radius 2 is 2.31 bits per heavy atom. The van der Waals surface area contributed by atoms with Gasteiger partial charge in [0.1, 0.15) is 0 Å². The normalized spacial score (nSPS) is 13.4. The minimum atomic E-state index is -0.390. The molecule has 0 aliphatic heterocycles. The molecule has 4 heteroatoms. The van der Waals surface area contributed by atoms with E-state index in [0.29, 0.717) is 0 Å². The molecule has 0 spiro atoms. The molecule has 2 aromatic rings. The maximum atomic E-state index is 8.84. The number of aliphatic hydroxyl groups excluding tert-OH is 1. The van der Waals surface area contributed by atoms with Crippen LogP contribution >= 0.6 is 0 Å². The molecule has 4 N–H and O–H groups in total. The fourth-order valence-electron chi connectivity index (χ4n) is 1.25. The van der Waals surface area contributed by atoms with Crippen molar-refractivity contribution in [3.8, 4) is 0 Å². The summed E-state index contributed by atoms with van der Waals surface area (Å²) in [4.78, 5) is 7.33. The minimum absolute atomic E-state index is 0.0804. The van der Waals surface area contributed by atoms with E-state index in [0.717, 1.165) is 16.7 Å². The predicted octanol–water partition coefficient (Wildman–Crippen LogP) is 0.555. The topological polar surface area (TPSA) is 74.9 Å².